The zero-order valence-electron chi connectivity index (χ0n) is 16.5. The third-order valence-corrected chi connectivity index (χ3v) is 5.95. The fraction of sp³-hybridized carbons (Fsp3) is 0.476. The molecule has 2 amide bonds. The van der Waals surface area contributed by atoms with Gasteiger partial charge in [-0.25, -0.2) is 9.59 Å². The molecule has 0 aromatic heterocycles. The molecule has 0 bridgehead atoms. The van der Waals surface area contributed by atoms with Gasteiger partial charge >= 0.3 is 12.1 Å². The molecule has 0 aliphatic carbocycles. The number of likely N-dealkylation sites (tertiary alicyclic amines) is 1. The summed E-state index contributed by atoms with van der Waals surface area (Å²) < 4.78 is 9.80. The smallest absolute Gasteiger partial charge is 0.410 e. The number of hydrogen-bond donors (Lipinski definition) is 0. The third-order valence-electron chi connectivity index (χ3n) is 5.19. The molecule has 1 unspecified atom stereocenters. The van der Waals surface area contributed by atoms with E-state index in [1.165, 1.54) is 12.0 Å². The van der Waals surface area contributed by atoms with E-state index in [4.69, 9.17) is 9.47 Å². The van der Waals surface area contributed by atoms with E-state index in [0.717, 1.165) is 11.3 Å². The van der Waals surface area contributed by atoms with Gasteiger partial charge in [-0.1, -0.05) is 30.3 Å². The second-order valence-corrected chi connectivity index (χ2v) is 7.98. The zero-order chi connectivity index (χ0) is 20.6. The Bertz CT molecular complexity index is 747. The van der Waals surface area contributed by atoms with E-state index in [1.54, 1.807) is 11.8 Å². The molecule has 156 valence electrons. The number of piperidine rings is 1. The van der Waals surface area contributed by atoms with E-state index in [0.29, 0.717) is 32.4 Å². The van der Waals surface area contributed by atoms with Crippen molar-refractivity contribution in [1.82, 2.24) is 9.80 Å². The highest BCUT2D eigenvalue weighted by Gasteiger charge is 2.44. The molecule has 8 heteroatoms. The van der Waals surface area contributed by atoms with Crippen molar-refractivity contribution in [1.29, 1.82) is 0 Å². The molecule has 2 heterocycles. The molecule has 2 aliphatic heterocycles. The number of amides is 2. The van der Waals surface area contributed by atoms with Gasteiger partial charge in [-0.15, -0.1) is 11.8 Å². The van der Waals surface area contributed by atoms with E-state index >= 15 is 0 Å². The normalized spacial score (nSPS) is 20.2. The van der Waals surface area contributed by atoms with Crippen LogP contribution in [0.3, 0.4) is 0 Å². The van der Waals surface area contributed by atoms with Crippen molar-refractivity contribution in [2.24, 2.45) is 0 Å². The van der Waals surface area contributed by atoms with Crippen LogP contribution in [0.4, 0.5) is 4.79 Å². The van der Waals surface area contributed by atoms with Gasteiger partial charge < -0.3 is 14.4 Å². The van der Waals surface area contributed by atoms with Crippen molar-refractivity contribution in [3.8, 4) is 0 Å². The number of ether oxygens (including phenoxy) is 2. The fourth-order valence-electron chi connectivity index (χ4n) is 3.61. The predicted octanol–water partition coefficient (Wildman–Crippen LogP) is 2.77. The minimum atomic E-state index is -0.687. The Hall–Kier alpha value is -2.48. The Morgan fingerprint density at radius 2 is 1.97 bits per heavy atom. The van der Waals surface area contributed by atoms with E-state index in [-0.39, 0.29) is 18.6 Å². The van der Waals surface area contributed by atoms with Crippen LogP contribution in [0.2, 0.25) is 0 Å². The maximum Gasteiger partial charge on any atom is 0.410 e. The lowest BCUT2D eigenvalue weighted by molar-refractivity contribution is -0.146. The summed E-state index contributed by atoms with van der Waals surface area (Å²) in [5.74, 6) is 0.387. The van der Waals surface area contributed by atoms with Gasteiger partial charge in [-0.2, -0.15) is 0 Å². The summed E-state index contributed by atoms with van der Waals surface area (Å²) in [6, 6.07) is 9.24. The van der Waals surface area contributed by atoms with Crippen LogP contribution in [-0.2, 0) is 19.1 Å². The predicted molar refractivity (Wildman–Crippen MR) is 111 cm³/mol. The standard InChI is InChI=1S/C21H26N2O5S/c1-27-20(25)18-15-28-21(26)23(18)17-7-11-22(12-8-17)19(24)10-14-29-13-9-16-5-3-2-4-6-16/h2-6,9,13,17-18H,7-8,10-12,14-15H2,1H3. The van der Waals surface area contributed by atoms with Gasteiger partial charge in [0.1, 0.15) is 6.61 Å². The number of carbonyl (C=O) groups is 3. The minimum absolute atomic E-state index is 0.0262. The highest BCUT2D eigenvalue weighted by atomic mass is 32.2. The second-order valence-electron chi connectivity index (χ2n) is 6.97. The summed E-state index contributed by atoms with van der Waals surface area (Å²) in [5.41, 5.74) is 1.14. The van der Waals surface area contributed by atoms with Crippen LogP contribution in [0.15, 0.2) is 35.7 Å². The number of benzene rings is 1. The summed E-state index contributed by atoms with van der Waals surface area (Å²) in [4.78, 5) is 39.7. The average Bonchev–Trinajstić information content (AvgIpc) is 3.15. The maximum absolute atomic E-state index is 12.5. The van der Waals surface area contributed by atoms with Crippen LogP contribution in [0, 0.1) is 0 Å². The Morgan fingerprint density at radius 3 is 2.66 bits per heavy atom. The molecule has 1 aromatic rings. The number of methoxy groups -OCH3 is 1. The molecule has 7 nitrogen and oxygen atoms in total. The van der Waals surface area contributed by atoms with Crippen molar-refractivity contribution in [3.05, 3.63) is 41.3 Å². The number of thioether (sulfide) groups is 1. The molecule has 2 aliphatic rings. The van der Waals surface area contributed by atoms with E-state index in [1.807, 2.05) is 46.7 Å². The first-order valence-electron chi connectivity index (χ1n) is 9.74. The molecule has 0 N–H and O–H groups in total. The number of rotatable bonds is 7. The summed E-state index contributed by atoms with van der Waals surface area (Å²) in [6.07, 6.45) is 3.30. The first-order valence-corrected chi connectivity index (χ1v) is 10.8. The van der Waals surface area contributed by atoms with E-state index < -0.39 is 18.1 Å². The number of hydrogen-bond acceptors (Lipinski definition) is 6. The van der Waals surface area contributed by atoms with Gasteiger partial charge in [0.2, 0.25) is 5.91 Å². The van der Waals surface area contributed by atoms with E-state index in [2.05, 4.69) is 0 Å². The van der Waals surface area contributed by atoms with Gasteiger partial charge in [-0.3, -0.25) is 9.69 Å². The molecule has 0 saturated carbocycles. The lowest BCUT2D eigenvalue weighted by Gasteiger charge is -2.37. The van der Waals surface area contributed by atoms with Crippen molar-refractivity contribution in [3.63, 3.8) is 0 Å². The van der Waals surface area contributed by atoms with E-state index in [9.17, 15) is 14.4 Å². The van der Waals surface area contributed by atoms with Crippen LogP contribution in [-0.4, -0.2) is 72.4 Å². The van der Waals surface area contributed by atoms with Crippen LogP contribution in [0.25, 0.3) is 6.08 Å². The lowest BCUT2D eigenvalue weighted by atomic mass is 10.0. The quantitative estimate of drug-likeness (QED) is 0.501. The molecule has 0 spiro atoms. The second kappa shape index (κ2) is 10.3. The van der Waals surface area contributed by atoms with Gasteiger partial charge in [0, 0.05) is 31.3 Å². The Labute approximate surface area is 175 Å². The molecule has 2 fully saturated rings. The number of cyclic esters (lactones) is 1. The van der Waals surface area contributed by atoms with Crippen LogP contribution in [0.5, 0.6) is 0 Å². The molecule has 29 heavy (non-hydrogen) atoms. The SMILES string of the molecule is COC(=O)C1COC(=O)N1C1CCN(C(=O)CCSC=Cc2ccccc2)CC1. The summed E-state index contributed by atoms with van der Waals surface area (Å²) in [5, 5.41) is 2.01. The van der Waals surface area contributed by atoms with Crippen molar-refractivity contribution in [2.75, 3.05) is 32.6 Å². The van der Waals surface area contributed by atoms with Crippen LogP contribution >= 0.6 is 11.8 Å². The number of nitrogens with zero attached hydrogens (tertiary/aromatic N) is 2. The monoisotopic (exact) mass is 418 g/mol. The first-order chi connectivity index (χ1) is 14.1. The van der Waals surface area contributed by atoms with Crippen molar-refractivity contribution in [2.45, 2.75) is 31.3 Å². The molecule has 1 atom stereocenters. The summed E-state index contributed by atoms with van der Waals surface area (Å²) in [7, 11) is 1.30. The Kier molecular flexibility index (Phi) is 7.57. The molecule has 2 saturated heterocycles. The van der Waals surface area contributed by atoms with Gasteiger partial charge in [0.15, 0.2) is 6.04 Å². The minimum Gasteiger partial charge on any atom is -0.467 e. The highest BCUT2D eigenvalue weighted by molar-refractivity contribution is 8.02. The molecule has 1 aromatic carbocycles. The molecular weight excluding hydrogens is 392 g/mol. The first kappa shape index (κ1) is 21.2. The van der Waals surface area contributed by atoms with Gasteiger partial charge in [-0.05, 0) is 29.9 Å². The average molecular weight is 419 g/mol. The van der Waals surface area contributed by atoms with Crippen molar-refractivity contribution < 1.29 is 23.9 Å². The van der Waals surface area contributed by atoms with Crippen LogP contribution < -0.4 is 0 Å². The number of esters is 1. The molecule has 3 rings (SSSR count). The Balaban J connectivity index is 1.40. The number of carbonyl (C=O) groups excluding carboxylic acids is 3. The maximum atomic E-state index is 12.5. The third kappa shape index (κ3) is 5.53. The van der Waals surface area contributed by atoms with Gasteiger partial charge in [0.05, 0.1) is 7.11 Å². The molecule has 0 radical (unpaired) electrons. The fourth-order valence-corrected chi connectivity index (χ4v) is 4.29. The summed E-state index contributed by atoms with van der Waals surface area (Å²) >= 11 is 1.62. The largest absolute Gasteiger partial charge is 0.467 e. The van der Waals surface area contributed by atoms with Crippen LogP contribution in [0.1, 0.15) is 24.8 Å². The lowest BCUT2D eigenvalue weighted by Crippen LogP contribution is -2.52. The van der Waals surface area contributed by atoms with Crippen molar-refractivity contribution >= 4 is 35.8 Å². The highest BCUT2D eigenvalue weighted by Crippen LogP contribution is 2.25. The van der Waals surface area contributed by atoms with Gasteiger partial charge in [0.25, 0.3) is 0 Å². The Morgan fingerprint density at radius 1 is 1.24 bits per heavy atom. The zero-order valence-corrected chi connectivity index (χ0v) is 17.3. The summed E-state index contributed by atoms with van der Waals surface area (Å²) in [6.45, 7) is 1.18. The topological polar surface area (TPSA) is 76.2 Å². The molecular formula is C21H26N2O5S.